The molecular formula is C42H24N2O4PS+. The predicted octanol–water partition coefficient (Wildman–Crippen LogP) is 6.94. The average Bonchev–Trinajstić information content (AvgIpc) is 3.14. The molecule has 0 unspecified atom stereocenters. The first kappa shape index (κ1) is 29.1. The van der Waals surface area contributed by atoms with E-state index < -0.39 is 6.70 Å². The van der Waals surface area contributed by atoms with Gasteiger partial charge in [-0.3, -0.25) is 19.2 Å². The van der Waals surface area contributed by atoms with E-state index in [1.807, 2.05) is 132 Å². The van der Waals surface area contributed by atoms with Gasteiger partial charge in [0.25, 0.3) is 0 Å². The monoisotopic (exact) mass is 683 g/mol. The summed E-state index contributed by atoms with van der Waals surface area (Å²) in [5.74, 6) is 0. The lowest BCUT2D eigenvalue weighted by Gasteiger charge is -2.16. The first-order valence-corrected chi connectivity index (χ1v) is 18.6. The maximum Gasteiger partial charge on any atom is 0.250 e. The Kier molecular flexibility index (Phi) is 5.86. The standard InChI is InChI=1S/C42H24N2O4PS/c1-21-11-15-27-37-35(21)41(47)25-7-3-5-9-31(25)43(37)33-17-13-23(19-29(33)39(27)45)49(50)24-14-18-34-30(20-24)40(46)28-16-12-22(2)36-38(28)44(34)32-10-6-4-8-26(32)42(36)48/h3-20H,1-2H3/q+1. The summed E-state index contributed by atoms with van der Waals surface area (Å²) in [4.78, 5) is 55.6. The van der Waals surface area contributed by atoms with Crippen molar-refractivity contribution in [1.82, 2.24) is 8.80 Å². The zero-order valence-electron chi connectivity index (χ0n) is 26.8. The van der Waals surface area contributed by atoms with E-state index >= 15 is 0 Å². The smallest absolute Gasteiger partial charge is 0.250 e. The van der Waals surface area contributed by atoms with Crippen molar-refractivity contribution in [2.45, 2.75) is 13.8 Å². The summed E-state index contributed by atoms with van der Waals surface area (Å²) in [7, 11) is 0. The lowest BCUT2D eigenvalue weighted by molar-refractivity contribution is 1.30. The Morgan fingerprint density at radius 2 is 0.840 bits per heavy atom. The molecule has 0 N–H and O–H groups in total. The van der Waals surface area contributed by atoms with Crippen molar-refractivity contribution in [2.75, 3.05) is 0 Å². The largest absolute Gasteiger partial charge is 0.307 e. The van der Waals surface area contributed by atoms with E-state index in [-0.39, 0.29) is 21.7 Å². The van der Waals surface area contributed by atoms with E-state index in [0.717, 1.165) is 32.8 Å². The van der Waals surface area contributed by atoms with E-state index in [9.17, 15) is 19.2 Å². The van der Waals surface area contributed by atoms with Gasteiger partial charge in [0.1, 0.15) is 0 Å². The number of aromatic nitrogens is 2. The molecule has 50 heavy (non-hydrogen) atoms. The fraction of sp³-hybridized carbons (Fsp3) is 0.0476. The number of benzene rings is 6. The van der Waals surface area contributed by atoms with Gasteiger partial charge in [0.15, 0.2) is 44.1 Å². The molecule has 10 aromatic rings. The number of hydrogen-bond donors (Lipinski definition) is 0. The molecule has 4 heterocycles. The summed E-state index contributed by atoms with van der Waals surface area (Å²) in [5, 5.41) is 5.94. The fourth-order valence-electron chi connectivity index (χ4n) is 8.01. The fourth-order valence-corrected chi connectivity index (χ4v) is 9.91. The second-order valence-electron chi connectivity index (χ2n) is 13.0. The van der Waals surface area contributed by atoms with Crippen molar-refractivity contribution in [3.8, 4) is 0 Å². The molecule has 0 bridgehead atoms. The van der Waals surface area contributed by atoms with Gasteiger partial charge >= 0.3 is 0 Å². The van der Waals surface area contributed by atoms with E-state index in [1.165, 1.54) is 0 Å². The minimum atomic E-state index is -1.39. The van der Waals surface area contributed by atoms with E-state index in [0.29, 0.717) is 65.2 Å². The van der Waals surface area contributed by atoms with Crippen molar-refractivity contribution in [3.63, 3.8) is 0 Å². The van der Waals surface area contributed by atoms with Crippen LogP contribution < -0.4 is 32.3 Å². The Bertz CT molecular complexity index is 3230. The van der Waals surface area contributed by atoms with Crippen LogP contribution in [0.25, 0.3) is 76.2 Å². The highest BCUT2D eigenvalue weighted by molar-refractivity contribution is 8.12. The number of pyridine rings is 4. The first-order chi connectivity index (χ1) is 24.2. The van der Waals surface area contributed by atoms with Gasteiger partial charge in [0, 0.05) is 33.7 Å². The molecular weight excluding hydrogens is 660 g/mol. The molecule has 0 aliphatic carbocycles. The second-order valence-corrected chi connectivity index (χ2v) is 15.7. The molecule has 10 rings (SSSR count). The van der Waals surface area contributed by atoms with Crippen LogP contribution in [0.15, 0.2) is 128 Å². The van der Waals surface area contributed by atoms with E-state index in [1.54, 1.807) is 0 Å². The van der Waals surface area contributed by atoms with Crippen LogP contribution in [0.4, 0.5) is 0 Å². The maximum absolute atomic E-state index is 14.1. The minimum Gasteiger partial charge on any atom is -0.307 e. The average molecular weight is 684 g/mol. The molecule has 0 spiro atoms. The van der Waals surface area contributed by atoms with E-state index in [2.05, 4.69) is 0 Å². The van der Waals surface area contributed by atoms with Crippen LogP contribution in [0.2, 0.25) is 0 Å². The topological polar surface area (TPSA) is 77.1 Å². The Hall–Kier alpha value is -5.88. The number of fused-ring (bicyclic) bond motifs is 8. The van der Waals surface area contributed by atoms with Crippen LogP contribution >= 0.6 is 6.70 Å². The molecule has 8 heteroatoms. The number of hydrogen-bond acceptors (Lipinski definition) is 5. The normalized spacial score (nSPS) is 12.2. The van der Waals surface area contributed by atoms with Crippen LogP contribution in [0.1, 0.15) is 11.1 Å². The number of nitrogens with zero attached hydrogens (tertiary/aromatic N) is 2. The Balaban J connectivity index is 1.24. The van der Waals surface area contributed by atoms with Gasteiger partial charge in [-0.15, -0.1) is 0 Å². The van der Waals surface area contributed by atoms with Gasteiger partial charge in [-0.1, -0.05) is 36.4 Å². The molecule has 0 aliphatic rings. The highest BCUT2D eigenvalue weighted by atomic mass is 32.4. The Morgan fingerprint density at radius 1 is 0.440 bits per heavy atom. The molecule has 0 atom stereocenters. The highest BCUT2D eigenvalue weighted by Crippen LogP contribution is 2.32. The first-order valence-electron chi connectivity index (χ1n) is 16.2. The lowest BCUT2D eigenvalue weighted by Crippen LogP contribution is -2.17. The van der Waals surface area contributed by atoms with Crippen LogP contribution in [-0.2, 0) is 11.8 Å². The summed E-state index contributed by atoms with van der Waals surface area (Å²) >= 11 is 6.21. The predicted molar refractivity (Wildman–Crippen MR) is 210 cm³/mol. The molecule has 0 saturated heterocycles. The number of aryl methyl sites for hydroxylation is 2. The molecule has 6 nitrogen and oxygen atoms in total. The van der Waals surface area contributed by atoms with E-state index in [4.69, 9.17) is 11.8 Å². The third-order valence-electron chi connectivity index (χ3n) is 10.3. The van der Waals surface area contributed by atoms with Crippen LogP contribution in [-0.4, -0.2) is 8.80 Å². The number of para-hydroxylation sites is 2. The van der Waals surface area contributed by atoms with Gasteiger partial charge in [-0.2, -0.15) is 0 Å². The summed E-state index contributed by atoms with van der Waals surface area (Å²) in [6.07, 6.45) is 0. The van der Waals surface area contributed by atoms with Crippen molar-refractivity contribution in [1.29, 1.82) is 0 Å². The summed E-state index contributed by atoms with van der Waals surface area (Å²) in [6, 6.07) is 33.9. The zero-order valence-corrected chi connectivity index (χ0v) is 28.5. The van der Waals surface area contributed by atoms with Crippen LogP contribution in [0, 0.1) is 13.8 Å². The van der Waals surface area contributed by atoms with Gasteiger partial charge in [-0.05, 0) is 85.6 Å². The molecule has 236 valence electrons. The van der Waals surface area contributed by atoms with Crippen molar-refractivity contribution in [3.05, 3.63) is 161 Å². The maximum atomic E-state index is 14.1. The van der Waals surface area contributed by atoms with Gasteiger partial charge in [-0.25, -0.2) is 0 Å². The van der Waals surface area contributed by atoms with Gasteiger partial charge < -0.3 is 8.80 Å². The molecule has 0 aliphatic heterocycles. The zero-order chi connectivity index (χ0) is 34.2. The third-order valence-corrected chi connectivity index (χ3v) is 13.1. The summed E-state index contributed by atoms with van der Waals surface area (Å²) in [6.45, 7) is 2.41. The third kappa shape index (κ3) is 3.63. The Labute approximate surface area is 288 Å². The molecule has 0 saturated carbocycles. The number of rotatable bonds is 2. The summed E-state index contributed by atoms with van der Waals surface area (Å²) < 4.78 is 4.07. The lowest BCUT2D eigenvalue weighted by atomic mass is 10.00. The Morgan fingerprint density at radius 3 is 1.28 bits per heavy atom. The SMILES string of the molecule is Cc1ccc2c(=O)c3cc([P+](=S)c4ccc5c(c4)c(=O)c4ccc(C)c6c(=O)c7ccccc7n5c46)ccc3n3c4ccccc4c(=O)c1c23. The van der Waals surface area contributed by atoms with Crippen molar-refractivity contribution in [2.24, 2.45) is 0 Å². The van der Waals surface area contributed by atoms with Gasteiger partial charge in [0.05, 0.1) is 54.6 Å². The molecule has 4 aromatic heterocycles. The van der Waals surface area contributed by atoms with Crippen LogP contribution in [0.3, 0.4) is 0 Å². The highest BCUT2D eigenvalue weighted by Gasteiger charge is 2.25. The molecule has 6 aromatic carbocycles. The van der Waals surface area contributed by atoms with Crippen molar-refractivity contribution >= 4 is 105 Å². The minimum absolute atomic E-state index is 0.0799. The summed E-state index contributed by atoms with van der Waals surface area (Å²) in [5.41, 5.74) is 5.35. The molecule has 0 amide bonds. The second kappa shape index (κ2) is 10.1. The quantitative estimate of drug-likeness (QED) is 0.112. The molecule has 0 radical (unpaired) electrons. The van der Waals surface area contributed by atoms with Gasteiger partial charge in [0.2, 0.25) is 6.70 Å². The van der Waals surface area contributed by atoms with Crippen molar-refractivity contribution < 1.29 is 0 Å². The molecule has 0 fully saturated rings. The van der Waals surface area contributed by atoms with Crippen LogP contribution in [0.5, 0.6) is 0 Å².